The fraction of sp³-hybridized carbons (Fsp3) is 0.519. The van der Waals surface area contributed by atoms with E-state index in [0.717, 1.165) is 6.42 Å². The Morgan fingerprint density at radius 3 is 2.58 bits per heavy atom. The molecule has 9 heteroatoms. The number of rotatable bonds is 5. The number of likely N-dealkylation sites (tertiary alicyclic amines) is 1. The minimum absolute atomic E-state index is 0.0307. The summed E-state index contributed by atoms with van der Waals surface area (Å²) in [5.41, 5.74) is 0.582. The number of benzene rings is 1. The summed E-state index contributed by atoms with van der Waals surface area (Å²) in [5.74, 6) is -1.84. The minimum atomic E-state index is -0.918. The number of amides is 3. The van der Waals surface area contributed by atoms with Crippen LogP contribution in [0, 0.1) is 17.8 Å². The topological polar surface area (TPSA) is 81.2 Å². The smallest absolute Gasteiger partial charge is 0.251 e. The highest BCUT2D eigenvalue weighted by atomic mass is 35.5. The molecule has 1 unspecified atom stereocenters. The normalized spacial score (nSPS) is 33.2. The van der Waals surface area contributed by atoms with Crippen LogP contribution in [-0.4, -0.2) is 81.5 Å². The predicted octanol–water partition coefficient (Wildman–Crippen LogP) is 2.98. The number of aliphatic hydroxyl groups excluding tert-OH is 1. The van der Waals surface area contributed by atoms with Crippen molar-refractivity contribution in [2.45, 2.75) is 42.3 Å². The lowest BCUT2D eigenvalue weighted by molar-refractivity contribution is -0.145. The van der Waals surface area contributed by atoms with E-state index in [4.69, 9.17) is 11.6 Å². The fourth-order valence-corrected chi connectivity index (χ4v) is 8.49. The maximum atomic E-state index is 14.4. The lowest BCUT2D eigenvalue weighted by Gasteiger charge is -2.40. The highest BCUT2D eigenvalue weighted by molar-refractivity contribution is 8.02. The molecule has 2 saturated heterocycles. The van der Waals surface area contributed by atoms with Gasteiger partial charge in [0.15, 0.2) is 0 Å². The van der Waals surface area contributed by atoms with Crippen LogP contribution in [0.25, 0.3) is 0 Å². The summed E-state index contributed by atoms with van der Waals surface area (Å²) in [4.78, 5) is 47.2. The third kappa shape index (κ3) is 3.63. The number of fused-ring (bicyclic) bond motifs is 2. The van der Waals surface area contributed by atoms with Crippen molar-refractivity contribution in [1.29, 1.82) is 0 Å². The van der Waals surface area contributed by atoms with Crippen molar-refractivity contribution in [3.8, 4) is 0 Å². The van der Waals surface area contributed by atoms with E-state index < -0.39 is 28.7 Å². The van der Waals surface area contributed by atoms with Gasteiger partial charge in [-0.25, -0.2) is 0 Å². The lowest BCUT2D eigenvalue weighted by atomic mass is 9.78. The second kappa shape index (κ2) is 9.54. The molecule has 4 aliphatic rings. The number of hydrogen-bond acceptors (Lipinski definition) is 5. The number of aliphatic hydroxyl groups is 1. The molecule has 0 saturated carbocycles. The number of nitrogens with zero attached hydrogens (tertiary/aromatic N) is 3. The van der Waals surface area contributed by atoms with Crippen LogP contribution in [0.5, 0.6) is 0 Å². The van der Waals surface area contributed by atoms with Gasteiger partial charge in [0.1, 0.15) is 6.04 Å². The van der Waals surface area contributed by atoms with E-state index in [1.807, 2.05) is 50.3 Å². The minimum Gasteiger partial charge on any atom is -0.394 e. The molecule has 2 fully saturated rings. The molecule has 5 rings (SSSR count). The Kier molecular flexibility index (Phi) is 6.72. The van der Waals surface area contributed by atoms with Crippen molar-refractivity contribution in [2.75, 3.05) is 31.6 Å². The van der Waals surface area contributed by atoms with Gasteiger partial charge in [-0.3, -0.25) is 14.4 Å². The molecule has 0 radical (unpaired) electrons. The molecule has 1 aromatic carbocycles. The number of carbonyl (C=O) groups is 3. The third-order valence-corrected chi connectivity index (χ3v) is 10.4. The summed E-state index contributed by atoms with van der Waals surface area (Å²) in [6.45, 7) is 4.54. The molecule has 192 valence electrons. The number of para-hydroxylation sites is 1. The van der Waals surface area contributed by atoms with Crippen molar-refractivity contribution in [3.63, 3.8) is 0 Å². The van der Waals surface area contributed by atoms with Crippen molar-refractivity contribution >= 4 is 46.8 Å². The molecule has 0 bridgehead atoms. The molecule has 4 aliphatic heterocycles. The Hall–Kier alpha value is -2.29. The monoisotopic (exact) mass is 529 g/mol. The molecule has 36 heavy (non-hydrogen) atoms. The van der Waals surface area contributed by atoms with Crippen molar-refractivity contribution < 1.29 is 19.5 Å². The summed E-state index contributed by atoms with van der Waals surface area (Å²) in [6.07, 6.45) is 8.64. The van der Waals surface area contributed by atoms with E-state index in [2.05, 4.69) is 0 Å². The first-order valence-corrected chi connectivity index (χ1v) is 13.8. The zero-order chi connectivity index (χ0) is 25.8. The number of carbonyl (C=O) groups excluding carboxylic acids is 3. The molecular formula is C27H32ClN3O4S. The van der Waals surface area contributed by atoms with Gasteiger partial charge in [0, 0.05) is 25.4 Å². The van der Waals surface area contributed by atoms with E-state index in [-0.39, 0.29) is 35.5 Å². The Bertz CT molecular complexity index is 1140. The van der Waals surface area contributed by atoms with Crippen LogP contribution in [0.1, 0.15) is 20.3 Å². The van der Waals surface area contributed by atoms with Crippen LogP contribution in [0.4, 0.5) is 5.69 Å². The van der Waals surface area contributed by atoms with Gasteiger partial charge >= 0.3 is 0 Å². The molecule has 7 atom stereocenters. The van der Waals surface area contributed by atoms with E-state index in [0.29, 0.717) is 23.8 Å². The van der Waals surface area contributed by atoms with E-state index in [9.17, 15) is 19.5 Å². The summed E-state index contributed by atoms with van der Waals surface area (Å²) in [6, 6.07) is 5.79. The van der Waals surface area contributed by atoms with Gasteiger partial charge in [-0.15, -0.1) is 11.8 Å². The van der Waals surface area contributed by atoms with Gasteiger partial charge in [0.25, 0.3) is 5.91 Å². The number of hydrogen-bond donors (Lipinski definition) is 1. The molecule has 4 heterocycles. The van der Waals surface area contributed by atoms with Crippen LogP contribution in [0.2, 0.25) is 5.02 Å². The molecule has 0 aliphatic carbocycles. The highest BCUT2D eigenvalue weighted by Crippen LogP contribution is 2.61. The SMILES string of the molecule is CC[C@H](C)[C@H](CO)N1C(=O)[C@@H]2[C@H]3C(=O)N(C)CC=C[C@H]3S[C@@]23C=CCN(c2ccccc2Cl)C(=O)C13. The average Bonchev–Trinajstić information content (AvgIpc) is 3.19. The lowest BCUT2D eigenvalue weighted by Crippen LogP contribution is -2.58. The first-order chi connectivity index (χ1) is 17.3. The van der Waals surface area contributed by atoms with Crippen molar-refractivity contribution in [1.82, 2.24) is 9.80 Å². The quantitative estimate of drug-likeness (QED) is 0.593. The van der Waals surface area contributed by atoms with Gasteiger partial charge in [-0.2, -0.15) is 0 Å². The standard InChI is InChI=1S/C27H32ClN3O4S/c1-4-16(2)19(15-32)31-23-26(35)30(18-10-6-5-9-17(18)28)14-8-12-27(23)22(25(31)34)21-20(36-27)11-7-13-29(3)24(21)33/h5-12,16,19-23,32H,4,13-15H2,1-3H3/t16-,19-,20+,21-,22-,23?,27-/m0/s1. The first kappa shape index (κ1) is 25.4. The van der Waals surface area contributed by atoms with Gasteiger partial charge in [0.05, 0.1) is 39.9 Å². The average molecular weight is 530 g/mol. The second-order valence-corrected chi connectivity index (χ2v) is 12.1. The van der Waals surface area contributed by atoms with Crippen LogP contribution in [-0.2, 0) is 14.4 Å². The van der Waals surface area contributed by atoms with Gasteiger partial charge in [0.2, 0.25) is 11.8 Å². The molecule has 7 nitrogen and oxygen atoms in total. The number of likely N-dealkylation sites (N-methyl/N-ethyl adjacent to an activating group) is 1. The van der Waals surface area contributed by atoms with E-state index in [1.165, 1.54) is 0 Å². The number of anilines is 1. The van der Waals surface area contributed by atoms with Crippen molar-refractivity contribution in [2.24, 2.45) is 17.8 Å². The number of thioether (sulfide) groups is 1. The van der Waals surface area contributed by atoms with E-state index in [1.54, 1.807) is 45.6 Å². The summed E-state index contributed by atoms with van der Waals surface area (Å²) < 4.78 is -0.918. The summed E-state index contributed by atoms with van der Waals surface area (Å²) in [5, 5.41) is 10.7. The molecule has 1 aromatic rings. The van der Waals surface area contributed by atoms with Gasteiger partial charge < -0.3 is 19.8 Å². The predicted molar refractivity (Wildman–Crippen MR) is 142 cm³/mol. The van der Waals surface area contributed by atoms with Gasteiger partial charge in [-0.05, 0) is 18.1 Å². The van der Waals surface area contributed by atoms with Crippen LogP contribution in [0.3, 0.4) is 0 Å². The van der Waals surface area contributed by atoms with Crippen LogP contribution >= 0.6 is 23.4 Å². The molecule has 1 spiro atoms. The molecule has 0 aromatic heterocycles. The van der Waals surface area contributed by atoms with Crippen molar-refractivity contribution in [3.05, 3.63) is 53.6 Å². The summed E-state index contributed by atoms with van der Waals surface area (Å²) >= 11 is 8.05. The molecule has 1 N–H and O–H groups in total. The largest absolute Gasteiger partial charge is 0.394 e. The van der Waals surface area contributed by atoms with Crippen LogP contribution in [0.15, 0.2) is 48.6 Å². The zero-order valence-electron chi connectivity index (χ0n) is 20.7. The maximum absolute atomic E-state index is 14.4. The van der Waals surface area contributed by atoms with E-state index >= 15 is 0 Å². The van der Waals surface area contributed by atoms with Crippen LogP contribution < -0.4 is 4.90 Å². The Labute approximate surface area is 221 Å². The third-order valence-electron chi connectivity index (χ3n) is 8.29. The highest BCUT2D eigenvalue weighted by Gasteiger charge is 2.71. The number of halogens is 1. The Balaban J connectivity index is 1.68. The Morgan fingerprint density at radius 1 is 1.14 bits per heavy atom. The molecule has 3 amide bonds. The maximum Gasteiger partial charge on any atom is 0.251 e. The summed E-state index contributed by atoms with van der Waals surface area (Å²) in [7, 11) is 1.75. The van der Waals surface area contributed by atoms with Gasteiger partial charge in [-0.1, -0.05) is 68.3 Å². The first-order valence-electron chi connectivity index (χ1n) is 12.5. The molecular weight excluding hydrogens is 498 g/mol. The second-order valence-electron chi connectivity index (χ2n) is 10.2. The Morgan fingerprint density at radius 2 is 1.89 bits per heavy atom. The fourth-order valence-electron chi connectivity index (χ4n) is 6.26. The zero-order valence-corrected chi connectivity index (χ0v) is 22.3.